The number of hydrogen-bond donors (Lipinski definition) is 3. The van der Waals surface area contributed by atoms with Gasteiger partial charge in [0.05, 0.1) is 33.6 Å². The first-order valence-electron chi connectivity index (χ1n) is 12.3. The lowest BCUT2D eigenvalue weighted by molar-refractivity contribution is -0.145. The van der Waals surface area contributed by atoms with Crippen LogP contribution in [0.5, 0.6) is 0 Å². The van der Waals surface area contributed by atoms with Crippen LogP contribution in [-0.4, -0.2) is 64.5 Å². The third-order valence-corrected chi connectivity index (χ3v) is 6.66. The van der Waals surface area contributed by atoms with Gasteiger partial charge >= 0.3 is 6.18 Å². The first kappa shape index (κ1) is 28.6. The van der Waals surface area contributed by atoms with Crippen LogP contribution in [0.4, 0.5) is 18.9 Å². The van der Waals surface area contributed by atoms with Gasteiger partial charge in [0, 0.05) is 24.8 Å². The maximum Gasteiger partial charge on any atom is 0.455 e. The fourth-order valence-corrected chi connectivity index (χ4v) is 4.38. The van der Waals surface area contributed by atoms with Crippen molar-refractivity contribution in [2.75, 3.05) is 11.9 Å². The Morgan fingerprint density at radius 3 is 2.67 bits per heavy atom. The third-order valence-electron chi connectivity index (χ3n) is 6.36. The zero-order valence-corrected chi connectivity index (χ0v) is 22.3. The fraction of sp³-hybridized carbons (Fsp3) is 0.280. The highest BCUT2D eigenvalue weighted by molar-refractivity contribution is 6.32. The van der Waals surface area contributed by atoms with Crippen molar-refractivity contribution in [1.29, 1.82) is 5.26 Å². The van der Waals surface area contributed by atoms with Crippen LogP contribution in [-0.2, 0) is 12.7 Å². The van der Waals surface area contributed by atoms with Gasteiger partial charge in [-0.25, -0.2) is 9.67 Å². The van der Waals surface area contributed by atoms with Gasteiger partial charge in [0.2, 0.25) is 0 Å². The summed E-state index contributed by atoms with van der Waals surface area (Å²) in [6, 6.07) is 8.91. The van der Waals surface area contributed by atoms with Crippen molar-refractivity contribution in [3.05, 3.63) is 75.5 Å². The van der Waals surface area contributed by atoms with Crippen LogP contribution in [0.3, 0.4) is 0 Å². The van der Waals surface area contributed by atoms with Gasteiger partial charge < -0.3 is 15.7 Å². The summed E-state index contributed by atoms with van der Waals surface area (Å²) in [5.41, 5.74) is 0.696. The van der Waals surface area contributed by atoms with Gasteiger partial charge in [-0.3, -0.25) is 9.59 Å². The van der Waals surface area contributed by atoms with E-state index in [1.807, 2.05) is 6.07 Å². The molecule has 1 aromatic carbocycles. The number of carbonyl (C=O) groups excluding carboxylic acids is 2. The number of nitrogens with zero attached hydrogens (tertiary/aromatic N) is 8. The van der Waals surface area contributed by atoms with E-state index in [0.29, 0.717) is 16.8 Å². The molecule has 17 heteroatoms. The smallest absolute Gasteiger partial charge is 0.396 e. The van der Waals surface area contributed by atoms with Gasteiger partial charge in [-0.2, -0.15) is 28.3 Å². The number of pyridine rings is 1. The summed E-state index contributed by atoms with van der Waals surface area (Å²) in [5, 5.41) is 38.4. The third kappa shape index (κ3) is 5.92. The lowest BCUT2D eigenvalue weighted by atomic mass is 10.0. The van der Waals surface area contributed by atoms with E-state index in [4.69, 9.17) is 11.6 Å². The van der Waals surface area contributed by atoms with Crippen LogP contribution >= 0.6 is 11.6 Å². The molecule has 1 aliphatic rings. The Bertz CT molecular complexity index is 1730. The van der Waals surface area contributed by atoms with Gasteiger partial charge in [0.15, 0.2) is 5.82 Å². The number of rotatable bonds is 8. The summed E-state index contributed by atoms with van der Waals surface area (Å²) < 4.78 is 39.9. The summed E-state index contributed by atoms with van der Waals surface area (Å²) >= 11 is 6.30. The highest BCUT2D eigenvalue weighted by atomic mass is 35.5. The number of aliphatic hydroxyl groups excluding tert-OH is 1. The minimum Gasteiger partial charge on any atom is -0.396 e. The van der Waals surface area contributed by atoms with E-state index in [-0.39, 0.29) is 64.2 Å². The minimum absolute atomic E-state index is 0.0251. The van der Waals surface area contributed by atoms with Gasteiger partial charge in [0.1, 0.15) is 12.2 Å². The molecule has 216 valence electrons. The molecule has 0 saturated heterocycles. The molecular weight excluding hydrogens is 581 g/mol. The molecule has 1 saturated carbocycles. The Morgan fingerprint density at radius 2 is 2.02 bits per heavy atom. The number of amides is 2. The molecule has 3 N–H and O–H groups in total. The van der Waals surface area contributed by atoms with Gasteiger partial charge in [-0.1, -0.05) is 11.6 Å². The number of nitriles is 1. The monoisotopic (exact) mass is 600 g/mol. The number of aliphatic hydroxyl groups is 1. The standard InChI is InChI=1S/C25H20ClF3N10O3/c1-12-5-13(9-30)6-16(22(41)32-18-7-14(18)11-40)20(12)33-23(42)19-8-15(10-38-36-24(34-37-38)25(27,28)29)35-39(19)21-17(26)3-2-4-31-21/h2-6,8,14,18,40H,7,10-11H2,1H3,(H,32,41)(H,33,42)/t14-,18?/m0/s1. The molecule has 3 heterocycles. The Hall–Kier alpha value is -4.88. The van der Waals surface area contributed by atoms with Crippen LogP contribution in [0.25, 0.3) is 5.82 Å². The summed E-state index contributed by atoms with van der Waals surface area (Å²) in [7, 11) is 0. The summed E-state index contributed by atoms with van der Waals surface area (Å²) in [4.78, 5) is 31.6. The Kier molecular flexibility index (Phi) is 7.63. The summed E-state index contributed by atoms with van der Waals surface area (Å²) in [6.07, 6.45) is -2.80. The Morgan fingerprint density at radius 1 is 1.24 bits per heavy atom. The van der Waals surface area contributed by atoms with Gasteiger partial charge in [-0.05, 0) is 54.5 Å². The van der Waals surface area contributed by atoms with Crippen molar-refractivity contribution in [2.24, 2.45) is 5.92 Å². The number of carbonyl (C=O) groups is 2. The number of aromatic nitrogens is 7. The largest absolute Gasteiger partial charge is 0.455 e. The number of anilines is 1. The lowest BCUT2D eigenvalue weighted by Crippen LogP contribution is -2.29. The molecule has 0 spiro atoms. The first-order valence-corrected chi connectivity index (χ1v) is 12.7. The zero-order valence-electron chi connectivity index (χ0n) is 21.6. The summed E-state index contributed by atoms with van der Waals surface area (Å²) in [5.74, 6) is -2.77. The molecule has 1 unspecified atom stereocenters. The number of nitrogens with one attached hydrogen (secondary N) is 2. The normalized spacial score (nSPS) is 16.1. The van der Waals surface area contributed by atoms with Crippen molar-refractivity contribution in [1.82, 2.24) is 40.3 Å². The molecule has 13 nitrogen and oxygen atoms in total. The van der Waals surface area contributed by atoms with Crippen molar-refractivity contribution >= 4 is 29.1 Å². The second-order valence-corrected chi connectivity index (χ2v) is 9.83. The van der Waals surface area contributed by atoms with E-state index < -0.39 is 23.8 Å². The quantitative estimate of drug-likeness (QED) is 0.274. The first-order chi connectivity index (χ1) is 20.0. The Labute approximate surface area is 239 Å². The Balaban J connectivity index is 1.50. The lowest BCUT2D eigenvalue weighted by Gasteiger charge is -2.15. The number of benzene rings is 1. The predicted octanol–water partition coefficient (Wildman–Crippen LogP) is 2.52. The second-order valence-electron chi connectivity index (χ2n) is 9.42. The van der Waals surface area contributed by atoms with Crippen molar-refractivity contribution in [2.45, 2.75) is 32.1 Å². The molecule has 2 amide bonds. The van der Waals surface area contributed by atoms with Crippen molar-refractivity contribution in [3.63, 3.8) is 0 Å². The molecule has 0 aliphatic heterocycles. The maximum atomic E-state index is 13.7. The molecule has 42 heavy (non-hydrogen) atoms. The van der Waals surface area contributed by atoms with E-state index in [0.717, 1.165) is 4.68 Å². The van der Waals surface area contributed by atoms with Crippen LogP contribution in [0.15, 0.2) is 36.5 Å². The van der Waals surface area contributed by atoms with Crippen LogP contribution in [0.2, 0.25) is 5.02 Å². The van der Waals surface area contributed by atoms with Crippen molar-refractivity contribution < 1.29 is 27.9 Å². The topological polar surface area (TPSA) is 177 Å². The molecule has 4 aromatic rings. The number of halogens is 4. The van der Waals surface area contributed by atoms with Crippen molar-refractivity contribution in [3.8, 4) is 11.9 Å². The average molecular weight is 601 g/mol. The molecule has 5 rings (SSSR count). The highest BCUT2D eigenvalue weighted by Gasteiger charge is 2.38. The number of hydrogen-bond acceptors (Lipinski definition) is 9. The molecule has 3 aromatic heterocycles. The number of tetrazole rings is 1. The summed E-state index contributed by atoms with van der Waals surface area (Å²) in [6.45, 7) is 1.14. The van der Waals surface area contributed by atoms with Crippen LogP contribution < -0.4 is 10.6 Å². The maximum absolute atomic E-state index is 13.7. The molecular formula is C25H20ClF3N10O3. The van der Waals surface area contributed by atoms with E-state index in [1.54, 1.807) is 13.0 Å². The van der Waals surface area contributed by atoms with E-state index in [2.05, 4.69) is 36.1 Å². The van der Waals surface area contributed by atoms with Crippen LogP contribution in [0.1, 0.15) is 49.9 Å². The SMILES string of the molecule is Cc1cc(C#N)cc(C(=O)NC2C[C@H]2CO)c1NC(=O)c1cc(Cn2nnc(C(F)(F)F)n2)nn1-c1ncccc1Cl. The predicted molar refractivity (Wildman–Crippen MR) is 139 cm³/mol. The molecule has 1 aliphatic carbocycles. The van der Waals surface area contributed by atoms with E-state index in [9.17, 15) is 33.1 Å². The second kappa shape index (κ2) is 11.2. The zero-order chi connectivity index (χ0) is 30.2. The van der Waals surface area contributed by atoms with E-state index >= 15 is 0 Å². The fourth-order valence-electron chi connectivity index (χ4n) is 4.18. The average Bonchev–Trinajstić information content (AvgIpc) is 3.30. The molecule has 0 bridgehead atoms. The van der Waals surface area contributed by atoms with Gasteiger partial charge in [0.25, 0.3) is 17.6 Å². The highest BCUT2D eigenvalue weighted by Crippen LogP contribution is 2.31. The molecule has 0 radical (unpaired) electrons. The molecule has 1 fully saturated rings. The minimum atomic E-state index is -4.80. The van der Waals surface area contributed by atoms with E-state index in [1.165, 1.54) is 30.5 Å². The van der Waals surface area contributed by atoms with Crippen LogP contribution in [0, 0.1) is 24.2 Å². The number of aryl methyl sites for hydroxylation is 1. The number of alkyl halides is 3. The molecule has 2 atom stereocenters. The van der Waals surface area contributed by atoms with Gasteiger partial charge in [-0.15, -0.1) is 10.2 Å².